The number of aryl methyl sites for hydroxylation is 2. The Kier molecular flexibility index (Phi) is 3.98. The van der Waals surface area contributed by atoms with E-state index in [2.05, 4.69) is 5.32 Å². The number of para-hydroxylation sites is 1. The van der Waals surface area contributed by atoms with Crippen molar-refractivity contribution in [1.82, 2.24) is 0 Å². The first kappa shape index (κ1) is 15.0. The zero-order chi connectivity index (χ0) is 15.6. The van der Waals surface area contributed by atoms with Crippen LogP contribution in [0.1, 0.15) is 23.6 Å². The van der Waals surface area contributed by atoms with Gasteiger partial charge in [0.1, 0.15) is 5.82 Å². The number of rotatable bonds is 4. The van der Waals surface area contributed by atoms with E-state index in [1.807, 2.05) is 26.0 Å². The van der Waals surface area contributed by atoms with E-state index in [0.717, 1.165) is 11.1 Å². The second kappa shape index (κ2) is 5.56. The van der Waals surface area contributed by atoms with Crippen LogP contribution in [0, 0.1) is 19.7 Å². The normalized spacial score (nSPS) is 13.5. The van der Waals surface area contributed by atoms with E-state index >= 15 is 0 Å². The molecule has 0 aliphatic rings. The van der Waals surface area contributed by atoms with Crippen LogP contribution in [0.5, 0.6) is 0 Å². The van der Waals surface area contributed by atoms with Crippen molar-refractivity contribution in [2.75, 3.05) is 5.32 Å². The first-order chi connectivity index (χ1) is 9.84. The molecule has 0 heterocycles. The molecule has 2 aromatic carbocycles. The summed E-state index contributed by atoms with van der Waals surface area (Å²) < 4.78 is 13.8. The maximum absolute atomic E-state index is 13.8. The summed E-state index contributed by atoms with van der Waals surface area (Å²) in [5, 5.41) is 12.5. The van der Waals surface area contributed by atoms with Crippen LogP contribution in [0.3, 0.4) is 0 Å². The molecule has 0 radical (unpaired) electrons. The van der Waals surface area contributed by atoms with Gasteiger partial charge in [-0.15, -0.1) is 0 Å². The molecule has 2 rings (SSSR count). The summed E-state index contributed by atoms with van der Waals surface area (Å²) in [4.78, 5) is 11.8. The van der Waals surface area contributed by atoms with E-state index in [4.69, 9.17) is 0 Å². The number of anilines is 1. The number of hydrogen-bond acceptors (Lipinski definition) is 2. The third-order valence-corrected chi connectivity index (χ3v) is 3.61. The average Bonchev–Trinajstić information content (AvgIpc) is 2.41. The number of carbonyl (C=O) groups is 1. The molecule has 0 fully saturated rings. The van der Waals surface area contributed by atoms with Crippen LogP contribution in [0.2, 0.25) is 0 Å². The van der Waals surface area contributed by atoms with E-state index in [0.29, 0.717) is 5.56 Å². The van der Waals surface area contributed by atoms with Crippen LogP contribution in [0.25, 0.3) is 0 Å². The lowest BCUT2D eigenvalue weighted by Crippen LogP contribution is -2.41. The van der Waals surface area contributed by atoms with Gasteiger partial charge >= 0.3 is 5.97 Å². The number of carboxylic acid groups (broad SMARTS) is 1. The van der Waals surface area contributed by atoms with Gasteiger partial charge in [-0.2, -0.15) is 0 Å². The van der Waals surface area contributed by atoms with Crippen molar-refractivity contribution >= 4 is 11.7 Å². The molecule has 0 aromatic heterocycles. The molecule has 0 amide bonds. The molecule has 0 saturated heterocycles. The number of hydrogen-bond donors (Lipinski definition) is 2. The van der Waals surface area contributed by atoms with Crippen molar-refractivity contribution in [2.24, 2.45) is 0 Å². The summed E-state index contributed by atoms with van der Waals surface area (Å²) in [5.74, 6) is -1.53. The molecule has 0 spiro atoms. The monoisotopic (exact) mass is 287 g/mol. The summed E-state index contributed by atoms with van der Waals surface area (Å²) in [6, 6.07) is 11.6. The zero-order valence-electron chi connectivity index (χ0n) is 12.3. The molecule has 0 bridgehead atoms. The number of carboxylic acids is 1. The molecular weight excluding hydrogens is 269 g/mol. The second-order valence-corrected chi connectivity index (χ2v) is 5.35. The minimum absolute atomic E-state index is 0.169. The smallest absolute Gasteiger partial charge is 0.333 e. The van der Waals surface area contributed by atoms with Gasteiger partial charge in [0.05, 0.1) is 5.69 Å². The molecule has 0 aliphatic carbocycles. The van der Waals surface area contributed by atoms with Crippen LogP contribution in [-0.4, -0.2) is 11.1 Å². The molecule has 0 saturated carbocycles. The molecule has 0 aliphatic heterocycles. The number of benzene rings is 2. The van der Waals surface area contributed by atoms with E-state index in [1.54, 1.807) is 25.1 Å². The third kappa shape index (κ3) is 2.89. The lowest BCUT2D eigenvalue weighted by atomic mass is 9.87. The Bertz CT molecular complexity index is 684. The van der Waals surface area contributed by atoms with Gasteiger partial charge < -0.3 is 10.4 Å². The molecule has 4 heteroatoms. The predicted molar refractivity (Wildman–Crippen MR) is 80.9 cm³/mol. The van der Waals surface area contributed by atoms with E-state index in [1.165, 1.54) is 12.1 Å². The SMILES string of the molecule is Cc1ccc(C(C)(Nc2ccccc2F)C(=O)O)c(C)c1. The van der Waals surface area contributed by atoms with Crippen molar-refractivity contribution in [2.45, 2.75) is 26.3 Å². The quantitative estimate of drug-likeness (QED) is 0.898. The Balaban J connectivity index is 2.51. The number of aliphatic carboxylic acids is 1. The molecule has 3 nitrogen and oxygen atoms in total. The lowest BCUT2D eigenvalue weighted by molar-refractivity contribution is -0.142. The summed E-state index contributed by atoms with van der Waals surface area (Å²) in [7, 11) is 0. The molecule has 2 aromatic rings. The molecule has 2 N–H and O–H groups in total. The summed E-state index contributed by atoms with van der Waals surface area (Å²) in [5.41, 5.74) is 1.28. The van der Waals surface area contributed by atoms with Gasteiger partial charge in [0.2, 0.25) is 0 Å². The highest BCUT2D eigenvalue weighted by Gasteiger charge is 2.37. The standard InChI is InChI=1S/C17H18FNO2/c1-11-8-9-13(12(2)10-11)17(3,16(20)21)19-15-7-5-4-6-14(15)18/h4-10,19H,1-3H3,(H,20,21). The van der Waals surface area contributed by atoms with E-state index in [9.17, 15) is 14.3 Å². The van der Waals surface area contributed by atoms with Crippen molar-refractivity contribution in [1.29, 1.82) is 0 Å². The Labute approximate surface area is 123 Å². The Morgan fingerprint density at radius 3 is 2.43 bits per heavy atom. The number of nitrogens with one attached hydrogen (secondary N) is 1. The fourth-order valence-electron chi connectivity index (χ4n) is 2.44. The van der Waals surface area contributed by atoms with Crippen LogP contribution < -0.4 is 5.32 Å². The zero-order valence-corrected chi connectivity index (χ0v) is 12.3. The highest BCUT2D eigenvalue weighted by molar-refractivity contribution is 5.84. The minimum Gasteiger partial charge on any atom is -0.479 e. The molecule has 21 heavy (non-hydrogen) atoms. The van der Waals surface area contributed by atoms with Gasteiger partial charge in [-0.25, -0.2) is 9.18 Å². The van der Waals surface area contributed by atoms with E-state index < -0.39 is 17.3 Å². The molecule has 1 unspecified atom stereocenters. The summed E-state index contributed by atoms with van der Waals surface area (Å²) in [6.07, 6.45) is 0. The Hall–Kier alpha value is -2.36. The van der Waals surface area contributed by atoms with Gasteiger partial charge in [0.25, 0.3) is 0 Å². The molecule has 110 valence electrons. The van der Waals surface area contributed by atoms with Crippen molar-refractivity contribution < 1.29 is 14.3 Å². The van der Waals surface area contributed by atoms with Crippen molar-refractivity contribution in [3.63, 3.8) is 0 Å². The van der Waals surface area contributed by atoms with Gasteiger partial charge in [-0.3, -0.25) is 0 Å². The second-order valence-electron chi connectivity index (χ2n) is 5.35. The highest BCUT2D eigenvalue weighted by Crippen LogP contribution is 2.30. The fourth-order valence-corrected chi connectivity index (χ4v) is 2.44. The van der Waals surface area contributed by atoms with Crippen LogP contribution in [0.4, 0.5) is 10.1 Å². The third-order valence-electron chi connectivity index (χ3n) is 3.61. The minimum atomic E-state index is -1.40. The Morgan fingerprint density at radius 1 is 1.19 bits per heavy atom. The summed E-state index contributed by atoms with van der Waals surface area (Å²) in [6.45, 7) is 5.34. The number of halogens is 1. The lowest BCUT2D eigenvalue weighted by Gasteiger charge is -2.29. The van der Waals surface area contributed by atoms with Crippen LogP contribution in [0.15, 0.2) is 42.5 Å². The van der Waals surface area contributed by atoms with Gasteiger partial charge in [0, 0.05) is 0 Å². The van der Waals surface area contributed by atoms with Crippen molar-refractivity contribution in [3.8, 4) is 0 Å². The van der Waals surface area contributed by atoms with E-state index in [-0.39, 0.29) is 5.69 Å². The van der Waals surface area contributed by atoms with Crippen LogP contribution >= 0.6 is 0 Å². The highest BCUT2D eigenvalue weighted by atomic mass is 19.1. The predicted octanol–water partition coefficient (Wildman–Crippen LogP) is 3.85. The topological polar surface area (TPSA) is 49.3 Å². The summed E-state index contributed by atoms with van der Waals surface area (Å²) >= 11 is 0. The van der Waals surface area contributed by atoms with Gasteiger partial charge in [0.15, 0.2) is 5.54 Å². The van der Waals surface area contributed by atoms with Gasteiger partial charge in [-0.05, 0) is 44.0 Å². The molecular formula is C17H18FNO2. The first-order valence-corrected chi connectivity index (χ1v) is 6.68. The maximum Gasteiger partial charge on any atom is 0.333 e. The van der Waals surface area contributed by atoms with Gasteiger partial charge in [-0.1, -0.05) is 35.9 Å². The van der Waals surface area contributed by atoms with Crippen LogP contribution in [-0.2, 0) is 10.3 Å². The average molecular weight is 287 g/mol. The largest absolute Gasteiger partial charge is 0.479 e. The van der Waals surface area contributed by atoms with Crippen molar-refractivity contribution in [3.05, 3.63) is 65.0 Å². The Morgan fingerprint density at radius 2 is 1.86 bits per heavy atom. The fraction of sp³-hybridized carbons (Fsp3) is 0.235. The molecule has 1 atom stereocenters. The first-order valence-electron chi connectivity index (χ1n) is 6.68. The maximum atomic E-state index is 13.8.